The summed E-state index contributed by atoms with van der Waals surface area (Å²) >= 11 is 7.58. The van der Waals surface area contributed by atoms with Gasteiger partial charge in [-0.2, -0.15) is 0 Å². The topological polar surface area (TPSA) is 33.2 Å². The lowest BCUT2D eigenvalue weighted by Gasteiger charge is -2.16. The van der Waals surface area contributed by atoms with Gasteiger partial charge in [-0.05, 0) is 30.0 Å². The molecule has 0 saturated carbocycles. The molecule has 0 bridgehead atoms. The monoisotopic (exact) mass is 294 g/mol. The van der Waals surface area contributed by atoms with Crippen molar-refractivity contribution in [2.24, 2.45) is 0 Å². The lowest BCUT2D eigenvalue weighted by Crippen LogP contribution is -2.26. The van der Waals surface area contributed by atoms with Gasteiger partial charge in [0.15, 0.2) is 0 Å². The van der Waals surface area contributed by atoms with Crippen molar-refractivity contribution in [3.05, 3.63) is 50.9 Å². The average molecular weight is 295 g/mol. The van der Waals surface area contributed by atoms with Gasteiger partial charge in [-0.1, -0.05) is 24.6 Å². The number of rotatable bonds is 4. The number of carbonyl (C=O) groups excluding carboxylic acids is 1. The van der Waals surface area contributed by atoms with Crippen LogP contribution in [0.15, 0.2) is 29.6 Å². The Morgan fingerprint density at radius 2 is 2.26 bits per heavy atom. The lowest BCUT2D eigenvalue weighted by atomic mass is 10.2. The Bertz CT molecular complexity index is 569. The van der Waals surface area contributed by atoms with E-state index in [9.17, 15) is 4.79 Å². The lowest BCUT2D eigenvalue weighted by molar-refractivity contribution is 0.0786. The summed E-state index contributed by atoms with van der Waals surface area (Å²) in [5, 5.41) is 2.37. The highest BCUT2D eigenvalue weighted by atomic mass is 35.5. The van der Waals surface area contributed by atoms with Gasteiger partial charge in [0.2, 0.25) is 0 Å². The Hall–Kier alpha value is -1.39. The molecule has 2 rings (SSSR count). The molecule has 2 aromatic heterocycles. The summed E-state index contributed by atoms with van der Waals surface area (Å²) < 4.78 is 0. The summed E-state index contributed by atoms with van der Waals surface area (Å²) in [5.41, 5.74) is 1.43. The van der Waals surface area contributed by atoms with Crippen LogP contribution in [0.4, 0.5) is 0 Å². The van der Waals surface area contributed by atoms with Crippen molar-refractivity contribution in [2.75, 3.05) is 7.05 Å². The van der Waals surface area contributed by atoms with Gasteiger partial charge in [0.25, 0.3) is 5.91 Å². The number of thiophene rings is 1. The second kappa shape index (κ2) is 6.17. The Kier molecular flexibility index (Phi) is 4.56. The second-order valence-electron chi connectivity index (χ2n) is 4.26. The third kappa shape index (κ3) is 3.55. The molecule has 5 heteroatoms. The summed E-state index contributed by atoms with van der Waals surface area (Å²) in [6, 6.07) is 7.43. The quantitative estimate of drug-likeness (QED) is 0.807. The molecule has 1 amide bonds. The van der Waals surface area contributed by atoms with Crippen LogP contribution in [0, 0.1) is 0 Å². The molecule has 0 aliphatic carbocycles. The molecule has 0 spiro atoms. The highest BCUT2D eigenvalue weighted by molar-refractivity contribution is 7.09. The zero-order valence-corrected chi connectivity index (χ0v) is 12.5. The van der Waals surface area contributed by atoms with Crippen LogP contribution in [-0.2, 0) is 13.0 Å². The van der Waals surface area contributed by atoms with Gasteiger partial charge in [-0.25, -0.2) is 4.98 Å². The molecule has 3 nitrogen and oxygen atoms in total. The summed E-state index contributed by atoms with van der Waals surface area (Å²) in [6.07, 6.45) is 0.759. The third-order valence-electron chi connectivity index (χ3n) is 2.78. The first kappa shape index (κ1) is 14.0. The Morgan fingerprint density at radius 3 is 2.89 bits per heavy atom. The molecular weight excluding hydrogens is 280 g/mol. The first-order valence-corrected chi connectivity index (χ1v) is 7.30. The van der Waals surface area contributed by atoms with Crippen LogP contribution in [0.5, 0.6) is 0 Å². The predicted octanol–water partition coefficient (Wildman–Crippen LogP) is 3.63. The number of carbonyl (C=O) groups is 1. The largest absolute Gasteiger partial charge is 0.337 e. The summed E-state index contributed by atoms with van der Waals surface area (Å²) in [7, 11) is 1.79. The SMILES string of the molecule is CCc1cc(C(=O)N(C)Cc2cccs2)cc(Cl)n1. The smallest absolute Gasteiger partial charge is 0.254 e. The third-order valence-corrected chi connectivity index (χ3v) is 3.83. The van der Waals surface area contributed by atoms with Crippen LogP contribution in [0.1, 0.15) is 27.9 Å². The fourth-order valence-electron chi connectivity index (χ4n) is 1.78. The molecule has 0 radical (unpaired) electrons. The van der Waals surface area contributed by atoms with Gasteiger partial charge < -0.3 is 4.90 Å². The maximum atomic E-state index is 12.3. The maximum Gasteiger partial charge on any atom is 0.254 e. The second-order valence-corrected chi connectivity index (χ2v) is 5.68. The Labute approximate surface area is 121 Å². The van der Waals surface area contributed by atoms with Gasteiger partial charge in [0, 0.05) is 23.2 Å². The minimum atomic E-state index is -0.0348. The summed E-state index contributed by atoms with van der Waals surface area (Å²) in [6.45, 7) is 2.60. The molecular formula is C14H15ClN2OS. The van der Waals surface area contributed by atoms with Crippen molar-refractivity contribution in [3.63, 3.8) is 0 Å². The Balaban J connectivity index is 2.16. The Morgan fingerprint density at radius 1 is 1.47 bits per heavy atom. The fourth-order valence-corrected chi connectivity index (χ4v) is 2.77. The molecule has 0 aromatic carbocycles. The predicted molar refractivity (Wildman–Crippen MR) is 78.7 cm³/mol. The summed E-state index contributed by atoms with van der Waals surface area (Å²) in [5.74, 6) is -0.0348. The van der Waals surface area contributed by atoms with Crippen LogP contribution in [0.25, 0.3) is 0 Å². The molecule has 2 heterocycles. The van der Waals surface area contributed by atoms with Gasteiger partial charge >= 0.3 is 0 Å². The molecule has 0 fully saturated rings. The van der Waals surface area contributed by atoms with E-state index in [2.05, 4.69) is 4.98 Å². The van der Waals surface area contributed by atoms with Gasteiger partial charge in [-0.3, -0.25) is 4.79 Å². The number of hydrogen-bond acceptors (Lipinski definition) is 3. The molecule has 0 aliphatic rings. The van der Waals surface area contributed by atoms with E-state index >= 15 is 0 Å². The van der Waals surface area contributed by atoms with E-state index in [1.807, 2.05) is 24.4 Å². The molecule has 0 atom stereocenters. The first-order valence-electron chi connectivity index (χ1n) is 6.04. The molecule has 2 aromatic rings. The van der Waals surface area contributed by atoms with Crippen LogP contribution < -0.4 is 0 Å². The van der Waals surface area contributed by atoms with Crippen molar-refractivity contribution in [1.82, 2.24) is 9.88 Å². The molecule has 100 valence electrons. The number of aromatic nitrogens is 1. The number of halogens is 1. The van der Waals surface area contributed by atoms with E-state index in [4.69, 9.17) is 11.6 Å². The number of aryl methyl sites for hydroxylation is 1. The minimum absolute atomic E-state index is 0.0348. The van der Waals surface area contributed by atoms with E-state index in [0.29, 0.717) is 17.3 Å². The fraction of sp³-hybridized carbons (Fsp3) is 0.286. The minimum Gasteiger partial charge on any atom is -0.337 e. The molecule has 0 N–H and O–H groups in total. The highest BCUT2D eigenvalue weighted by Gasteiger charge is 2.14. The van der Waals surface area contributed by atoms with Crippen molar-refractivity contribution >= 4 is 28.8 Å². The van der Waals surface area contributed by atoms with E-state index in [1.54, 1.807) is 35.4 Å². The normalized spacial score (nSPS) is 10.5. The van der Waals surface area contributed by atoms with Crippen LogP contribution in [0.3, 0.4) is 0 Å². The van der Waals surface area contributed by atoms with E-state index in [1.165, 1.54) is 0 Å². The zero-order valence-electron chi connectivity index (χ0n) is 10.9. The van der Waals surface area contributed by atoms with Crippen molar-refractivity contribution in [3.8, 4) is 0 Å². The number of hydrogen-bond donors (Lipinski definition) is 0. The summed E-state index contributed by atoms with van der Waals surface area (Å²) in [4.78, 5) is 19.4. The van der Waals surface area contributed by atoms with Crippen LogP contribution >= 0.6 is 22.9 Å². The van der Waals surface area contributed by atoms with Crippen molar-refractivity contribution < 1.29 is 4.79 Å². The van der Waals surface area contributed by atoms with Crippen LogP contribution in [-0.4, -0.2) is 22.8 Å². The number of amides is 1. The number of nitrogens with zero attached hydrogens (tertiary/aromatic N) is 2. The molecule has 19 heavy (non-hydrogen) atoms. The van der Waals surface area contributed by atoms with E-state index < -0.39 is 0 Å². The van der Waals surface area contributed by atoms with Gasteiger partial charge in [0.1, 0.15) is 5.15 Å². The van der Waals surface area contributed by atoms with Crippen LogP contribution in [0.2, 0.25) is 5.15 Å². The average Bonchev–Trinajstić information content (AvgIpc) is 2.89. The van der Waals surface area contributed by atoms with E-state index in [0.717, 1.165) is 17.0 Å². The standard InChI is InChI=1S/C14H15ClN2OS/c1-3-11-7-10(8-13(15)16-11)14(18)17(2)9-12-5-4-6-19-12/h4-8H,3,9H2,1-2H3. The highest BCUT2D eigenvalue weighted by Crippen LogP contribution is 2.16. The van der Waals surface area contributed by atoms with Gasteiger partial charge in [-0.15, -0.1) is 11.3 Å². The molecule has 0 saturated heterocycles. The number of pyridine rings is 1. The molecule has 0 unspecified atom stereocenters. The zero-order chi connectivity index (χ0) is 13.8. The first-order chi connectivity index (χ1) is 9.10. The molecule has 0 aliphatic heterocycles. The van der Waals surface area contributed by atoms with Crippen molar-refractivity contribution in [1.29, 1.82) is 0 Å². The van der Waals surface area contributed by atoms with Gasteiger partial charge in [0.05, 0.1) is 6.54 Å². The maximum absolute atomic E-state index is 12.3. The van der Waals surface area contributed by atoms with Crippen molar-refractivity contribution in [2.45, 2.75) is 19.9 Å². The van der Waals surface area contributed by atoms with E-state index in [-0.39, 0.29) is 5.91 Å².